The fourth-order valence-corrected chi connectivity index (χ4v) is 11.1. The molecule has 88 heavy (non-hydrogen) atoms. The molecule has 452 valence electrons. The van der Waals surface area contributed by atoms with Crippen LogP contribution in [0.15, 0.2) is 141 Å². The van der Waals surface area contributed by atoms with E-state index in [-0.39, 0.29) is 17.0 Å². The number of aromatic nitrogens is 13. The molecule has 11 rings (SSSR count). The monoisotopic (exact) mass is 1180 g/mol. The molecule has 0 bridgehead atoms. The van der Waals surface area contributed by atoms with Crippen LogP contribution in [0.1, 0.15) is 87.5 Å². The van der Waals surface area contributed by atoms with Gasteiger partial charge < -0.3 is 25.1 Å². The number of hydrogen-bond donors (Lipinski definition) is 4. The molecule has 0 spiro atoms. The second kappa shape index (κ2) is 26.6. The zero-order valence-electron chi connectivity index (χ0n) is 52.2. The number of allylic oxidation sites excluding steroid dienone is 3. The zero-order valence-corrected chi connectivity index (χ0v) is 52.2. The average molecular weight is 1180 g/mol. The third-order valence-electron chi connectivity index (χ3n) is 14.8. The Bertz CT molecular complexity index is 4350. The van der Waals surface area contributed by atoms with Gasteiger partial charge in [0.2, 0.25) is 0 Å². The molecule has 0 aliphatic heterocycles. The van der Waals surface area contributed by atoms with Gasteiger partial charge in [-0.3, -0.25) is 30.0 Å². The summed E-state index contributed by atoms with van der Waals surface area (Å²) in [6.07, 6.45) is 19.7. The Morgan fingerprint density at radius 2 is 1.39 bits per heavy atom. The molecule has 2 aromatic carbocycles. The second-order valence-electron chi connectivity index (χ2n) is 23.9. The van der Waals surface area contributed by atoms with Crippen LogP contribution in [0.5, 0.6) is 0 Å². The Balaban J connectivity index is 0.00000423. The number of imidazole rings is 2. The lowest BCUT2D eigenvalue weighted by Crippen LogP contribution is -2.32. The normalized spacial score (nSPS) is 12.0. The van der Waals surface area contributed by atoms with Crippen LogP contribution in [0.4, 0.5) is 14.5 Å². The average Bonchev–Trinajstić information content (AvgIpc) is 3.32. The quantitative estimate of drug-likeness (QED) is 0.0470. The van der Waals surface area contributed by atoms with Crippen molar-refractivity contribution in [3.05, 3.63) is 186 Å². The van der Waals surface area contributed by atoms with E-state index in [0.29, 0.717) is 70.4 Å². The van der Waals surface area contributed by atoms with Gasteiger partial charge in [-0.2, -0.15) is 9.89 Å². The summed E-state index contributed by atoms with van der Waals surface area (Å²) in [5.74, 6) is 0.373. The zero-order chi connectivity index (χ0) is 62.4. The minimum atomic E-state index is -0.367. The molecular formula is C69H77F2N17. The number of hydrogen-bond acceptors (Lipinski definition) is 13. The van der Waals surface area contributed by atoms with Crippen molar-refractivity contribution in [3.63, 3.8) is 0 Å². The van der Waals surface area contributed by atoms with Crippen LogP contribution in [0.25, 0.3) is 95.2 Å². The van der Waals surface area contributed by atoms with E-state index in [9.17, 15) is 0 Å². The van der Waals surface area contributed by atoms with E-state index < -0.39 is 0 Å². The minimum Gasteiger partial charge on any atom is -0.358 e. The first kappa shape index (κ1) is 61.5. The lowest BCUT2D eigenvalue weighted by atomic mass is 9.91. The molecule has 0 saturated carbocycles. The lowest BCUT2D eigenvalue weighted by Gasteiger charge is -2.20. The first-order chi connectivity index (χ1) is 42.3. The molecule has 17 nitrogen and oxygen atoms in total. The van der Waals surface area contributed by atoms with E-state index in [1.54, 1.807) is 49.1 Å². The molecule has 0 aliphatic rings. The van der Waals surface area contributed by atoms with Crippen LogP contribution < -0.4 is 10.3 Å². The number of benzene rings is 2. The molecule has 9 heterocycles. The second-order valence-corrected chi connectivity index (χ2v) is 23.9. The molecule has 0 unspecified atom stereocenters. The molecule has 19 heteroatoms. The highest BCUT2D eigenvalue weighted by Gasteiger charge is 2.24. The van der Waals surface area contributed by atoms with Crippen LogP contribution in [-0.2, 0) is 19.4 Å². The SMILES string of the molecule is C=C/C=C(/c1cc(F)cc(CCCN(C)n2nc(-c3nc4nccc(-c5cc(F)cc(CCCN(C)C)c5)c4[nH]3)c3cc(-c4cncc(CN(C)C)c4)ncc32)c1)c1nc(-c2n[nH]c3cnc(-c4cncc(NC(=C)CC(C)(C)C)c4)cc23)[nH]c1C.CC. The Morgan fingerprint density at radius 3 is 2.12 bits per heavy atom. The summed E-state index contributed by atoms with van der Waals surface area (Å²) < 4.78 is 31.2. The van der Waals surface area contributed by atoms with E-state index in [0.717, 1.165) is 122 Å². The van der Waals surface area contributed by atoms with Crippen molar-refractivity contribution in [1.82, 2.24) is 74.7 Å². The number of pyridine rings is 5. The summed E-state index contributed by atoms with van der Waals surface area (Å²) >= 11 is 0. The molecule has 4 N–H and O–H groups in total. The highest BCUT2D eigenvalue weighted by molar-refractivity contribution is 5.98. The molecule has 0 saturated heterocycles. The maximum Gasteiger partial charge on any atom is 0.178 e. The Hall–Kier alpha value is -9.59. The van der Waals surface area contributed by atoms with E-state index in [1.165, 1.54) is 6.07 Å². The topological polar surface area (TPSA) is 190 Å². The van der Waals surface area contributed by atoms with Gasteiger partial charge in [-0.05, 0) is 162 Å². The van der Waals surface area contributed by atoms with E-state index in [2.05, 4.69) is 90.2 Å². The number of aryl methyl sites for hydroxylation is 3. The van der Waals surface area contributed by atoms with Crippen molar-refractivity contribution in [2.45, 2.75) is 80.2 Å². The number of nitrogens with zero attached hydrogens (tertiary/aromatic N) is 13. The minimum absolute atomic E-state index is 0.0822. The maximum absolute atomic E-state index is 15.9. The van der Waals surface area contributed by atoms with Gasteiger partial charge in [0.05, 0.1) is 52.4 Å². The lowest BCUT2D eigenvalue weighted by molar-refractivity contribution is 0.400. The van der Waals surface area contributed by atoms with E-state index in [1.807, 2.05) is 127 Å². The number of aromatic amines is 3. The van der Waals surface area contributed by atoms with Crippen LogP contribution in [0.2, 0.25) is 0 Å². The van der Waals surface area contributed by atoms with Crippen molar-refractivity contribution < 1.29 is 8.78 Å². The predicted octanol–water partition coefficient (Wildman–Crippen LogP) is 14.2. The standard InChI is InChI=1S/C67H71F2N17.C2H6/c1-12-15-52(60-41(3)76-65(77-60)62-54-30-56(73-37-58(54)80-81-62)48-29-51(36-71-35-48)75-40(2)32-67(4,5)6)45-22-43(26-49(68)27-45)17-14-21-85(11)86-59-38-74-57(47-24-44(33-70-34-47)39-84(9)10)31-55(59)63(82-86)66-78-61-53(18-19-72-64(61)79-66)46-23-42(25-50(69)28-46)16-13-20-83(7)8;1-2/h12,15,18-19,22-31,33-38,75H,1-2,13-14,16-17,20-21,32,39H2,3-11H3,(H,76,77)(H,80,81)(H,72,78,79);1-2H3/b52-15-;. The smallest absolute Gasteiger partial charge is 0.178 e. The summed E-state index contributed by atoms with van der Waals surface area (Å²) in [7, 11) is 10.1. The number of halogens is 2. The number of anilines is 1. The van der Waals surface area contributed by atoms with Gasteiger partial charge in [0.1, 0.15) is 28.5 Å². The highest BCUT2D eigenvalue weighted by Crippen LogP contribution is 2.36. The van der Waals surface area contributed by atoms with Gasteiger partial charge in [0.25, 0.3) is 0 Å². The van der Waals surface area contributed by atoms with Crippen LogP contribution in [0.3, 0.4) is 0 Å². The van der Waals surface area contributed by atoms with E-state index in [4.69, 9.17) is 25.0 Å². The Morgan fingerprint density at radius 1 is 0.705 bits per heavy atom. The maximum atomic E-state index is 15.9. The van der Waals surface area contributed by atoms with Crippen LogP contribution in [0, 0.1) is 24.0 Å². The summed E-state index contributed by atoms with van der Waals surface area (Å²) in [6.45, 7) is 22.9. The number of H-pyrrole nitrogens is 3. The van der Waals surface area contributed by atoms with Crippen LogP contribution in [-0.4, -0.2) is 123 Å². The fraction of sp³-hybridized carbons (Fsp3) is 0.290. The highest BCUT2D eigenvalue weighted by atomic mass is 19.1. The summed E-state index contributed by atoms with van der Waals surface area (Å²) in [4.78, 5) is 46.6. The van der Waals surface area contributed by atoms with Crippen LogP contribution >= 0.6 is 0 Å². The third kappa shape index (κ3) is 14.1. The van der Waals surface area contributed by atoms with Crippen molar-refractivity contribution in [1.29, 1.82) is 0 Å². The van der Waals surface area contributed by atoms with Gasteiger partial charge in [-0.15, -0.1) is 5.10 Å². The van der Waals surface area contributed by atoms with Gasteiger partial charge in [-0.25, -0.2) is 23.7 Å². The van der Waals surface area contributed by atoms with Gasteiger partial charge in [-0.1, -0.05) is 72.1 Å². The van der Waals surface area contributed by atoms with Gasteiger partial charge in [0.15, 0.2) is 17.3 Å². The van der Waals surface area contributed by atoms with Crippen molar-refractivity contribution in [2.24, 2.45) is 5.41 Å². The Kier molecular flexibility index (Phi) is 18.6. The first-order valence-electron chi connectivity index (χ1n) is 29.8. The molecule has 0 atom stereocenters. The van der Waals surface area contributed by atoms with Gasteiger partial charge >= 0.3 is 0 Å². The van der Waals surface area contributed by atoms with Crippen molar-refractivity contribution in [3.8, 4) is 56.7 Å². The molecule has 11 aromatic rings. The Labute approximate surface area is 512 Å². The molecule has 9 aromatic heterocycles. The van der Waals surface area contributed by atoms with Crippen molar-refractivity contribution >= 4 is 44.2 Å². The molecule has 0 fully saturated rings. The number of rotatable bonds is 22. The summed E-state index contributed by atoms with van der Waals surface area (Å²) in [5.41, 5.74) is 15.9. The summed E-state index contributed by atoms with van der Waals surface area (Å²) in [6, 6.07) is 20.3. The third-order valence-corrected chi connectivity index (χ3v) is 14.8. The molecule has 0 amide bonds. The molecule has 0 radical (unpaired) electrons. The number of nitrogens with one attached hydrogen (secondary N) is 4. The van der Waals surface area contributed by atoms with Gasteiger partial charge in [0, 0.05) is 89.4 Å². The summed E-state index contributed by atoms with van der Waals surface area (Å²) in [5, 5.41) is 20.1. The molecule has 0 aliphatic carbocycles. The largest absolute Gasteiger partial charge is 0.358 e. The fourth-order valence-electron chi connectivity index (χ4n) is 11.1. The number of fused-ring (bicyclic) bond motifs is 3. The first-order valence-corrected chi connectivity index (χ1v) is 29.8. The van der Waals surface area contributed by atoms with Crippen molar-refractivity contribution in [2.75, 3.05) is 58.7 Å². The molecular weight excluding hydrogens is 1100 g/mol. The predicted molar refractivity (Wildman–Crippen MR) is 352 cm³/mol. The van der Waals surface area contributed by atoms with E-state index >= 15 is 8.78 Å².